The molecule has 2 atom stereocenters. The molecule has 1 amide bonds. The summed E-state index contributed by atoms with van der Waals surface area (Å²) >= 11 is 0. The summed E-state index contributed by atoms with van der Waals surface area (Å²) in [5, 5.41) is 14.0. The number of hydrogen-bond acceptors (Lipinski definition) is 5. The summed E-state index contributed by atoms with van der Waals surface area (Å²) < 4.78 is 27.9. The highest BCUT2D eigenvalue weighted by Gasteiger charge is 2.31. The fourth-order valence-corrected chi connectivity index (χ4v) is 4.94. The van der Waals surface area contributed by atoms with Crippen LogP contribution in [0, 0.1) is 25.7 Å². The van der Waals surface area contributed by atoms with Gasteiger partial charge in [-0.1, -0.05) is 30.5 Å². The second-order valence-electron chi connectivity index (χ2n) is 7.75. The number of sulfonamides is 1. The Bertz CT molecular complexity index is 1050. The van der Waals surface area contributed by atoms with E-state index < -0.39 is 27.8 Å². The van der Waals surface area contributed by atoms with Crippen LogP contribution in [-0.2, 0) is 19.6 Å². The predicted octanol–water partition coefficient (Wildman–Crippen LogP) is 2.60. The van der Waals surface area contributed by atoms with Crippen LogP contribution in [0.2, 0.25) is 0 Å². The number of anilines is 2. The molecule has 1 aliphatic rings. The standard InChI is InChI=1S/C22H26N2O5S/c1-14-7-12-20(15(2)13-14)24-30(28,29)17-10-8-16(9-11-17)23-21(25)18-5-3-4-6-19(18)22(26)27/h7-13,18-19,24H,3-6H2,1-2H3,(H,23,25)(H,26,27)/p-1/t18-,19+/m0/s1. The van der Waals surface area contributed by atoms with E-state index in [9.17, 15) is 23.1 Å². The van der Waals surface area contributed by atoms with Gasteiger partial charge in [-0.25, -0.2) is 8.42 Å². The van der Waals surface area contributed by atoms with Crippen LogP contribution in [0.3, 0.4) is 0 Å². The van der Waals surface area contributed by atoms with E-state index in [4.69, 9.17) is 0 Å². The van der Waals surface area contributed by atoms with Crippen molar-refractivity contribution in [3.63, 3.8) is 0 Å². The molecule has 0 saturated heterocycles. The zero-order valence-corrected chi connectivity index (χ0v) is 17.8. The third-order valence-corrected chi connectivity index (χ3v) is 6.85. The molecule has 1 fully saturated rings. The summed E-state index contributed by atoms with van der Waals surface area (Å²) in [7, 11) is -3.78. The van der Waals surface area contributed by atoms with Gasteiger partial charge in [-0.05, 0) is 62.6 Å². The van der Waals surface area contributed by atoms with E-state index in [1.807, 2.05) is 26.0 Å². The maximum absolute atomic E-state index is 12.7. The van der Waals surface area contributed by atoms with Crippen molar-refractivity contribution in [2.24, 2.45) is 11.8 Å². The average Bonchev–Trinajstić information content (AvgIpc) is 2.70. The summed E-state index contributed by atoms with van der Waals surface area (Å²) in [4.78, 5) is 23.9. The summed E-state index contributed by atoms with van der Waals surface area (Å²) in [6.45, 7) is 3.76. The number of amides is 1. The molecule has 2 N–H and O–H groups in total. The Labute approximate surface area is 176 Å². The first-order chi connectivity index (χ1) is 14.2. The monoisotopic (exact) mass is 429 g/mol. The number of carbonyl (C=O) groups is 2. The Kier molecular flexibility index (Phi) is 6.45. The van der Waals surface area contributed by atoms with E-state index >= 15 is 0 Å². The minimum Gasteiger partial charge on any atom is -0.550 e. The largest absolute Gasteiger partial charge is 0.550 e. The minimum absolute atomic E-state index is 0.0609. The normalized spacial score (nSPS) is 19.1. The van der Waals surface area contributed by atoms with Gasteiger partial charge in [0.15, 0.2) is 0 Å². The quantitative estimate of drug-likeness (QED) is 0.732. The van der Waals surface area contributed by atoms with Gasteiger partial charge in [0, 0.05) is 23.5 Å². The second kappa shape index (κ2) is 8.87. The number of hydrogen-bond donors (Lipinski definition) is 2. The zero-order valence-electron chi connectivity index (χ0n) is 17.0. The molecule has 30 heavy (non-hydrogen) atoms. The maximum atomic E-state index is 12.7. The molecule has 0 aromatic heterocycles. The van der Waals surface area contributed by atoms with E-state index in [-0.39, 0.29) is 10.8 Å². The molecule has 7 nitrogen and oxygen atoms in total. The van der Waals surface area contributed by atoms with Gasteiger partial charge in [0.1, 0.15) is 0 Å². The lowest BCUT2D eigenvalue weighted by Crippen LogP contribution is -2.42. The minimum atomic E-state index is -3.78. The molecule has 0 spiro atoms. The van der Waals surface area contributed by atoms with Gasteiger partial charge >= 0.3 is 0 Å². The molecule has 0 heterocycles. The van der Waals surface area contributed by atoms with Crippen molar-refractivity contribution in [2.75, 3.05) is 10.0 Å². The summed E-state index contributed by atoms with van der Waals surface area (Å²) in [5.41, 5.74) is 2.77. The van der Waals surface area contributed by atoms with Crippen molar-refractivity contribution in [1.29, 1.82) is 0 Å². The molecule has 2 aromatic carbocycles. The Hall–Kier alpha value is -2.87. The van der Waals surface area contributed by atoms with Crippen LogP contribution in [0.15, 0.2) is 47.4 Å². The summed E-state index contributed by atoms with van der Waals surface area (Å²) in [6, 6.07) is 11.2. The van der Waals surface area contributed by atoms with Crippen LogP contribution in [0.4, 0.5) is 11.4 Å². The molecule has 0 bridgehead atoms. The van der Waals surface area contributed by atoms with Crippen molar-refractivity contribution in [2.45, 2.75) is 44.4 Å². The van der Waals surface area contributed by atoms with Gasteiger partial charge in [-0.15, -0.1) is 0 Å². The Balaban J connectivity index is 1.71. The lowest BCUT2D eigenvalue weighted by Gasteiger charge is -2.31. The summed E-state index contributed by atoms with van der Waals surface area (Å²) in [6.07, 6.45) is 2.49. The predicted molar refractivity (Wildman–Crippen MR) is 112 cm³/mol. The highest BCUT2D eigenvalue weighted by molar-refractivity contribution is 7.92. The van der Waals surface area contributed by atoms with Gasteiger partial charge < -0.3 is 15.2 Å². The van der Waals surface area contributed by atoms with E-state index in [1.54, 1.807) is 6.07 Å². The van der Waals surface area contributed by atoms with Gasteiger partial charge in [-0.3, -0.25) is 9.52 Å². The van der Waals surface area contributed by atoms with Crippen LogP contribution in [0.1, 0.15) is 36.8 Å². The molecule has 8 heteroatoms. The first-order valence-corrected chi connectivity index (χ1v) is 11.4. The number of carboxylic acid groups (broad SMARTS) is 1. The van der Waals surface area contributed by atoms with Crippen LogP contribution in [0.25, 0.3) is 0 Å². The number of rotatable bonds is 6. The van der Waals surface area contributed by atoms with Crippen molar-refractivity contribution in [3.05, 3.63) is 53.6 Å². The molecule has 1 saturated carbocycles. The number of carboxylic acids is 1. The SMILES string of the molecule is Cc1ccc(NS(=O)(=O)c2ccc(NC(=O)[C@H]3CCCC[C@H]3C(=O)[O-])cc2)c(C)c1. The number of carbonyl (C=O) groups excluding carboxylic acids is 2. The summed E-state index contributed by atoms with van der Waals surface area (Å²) in [5.74, 6) is -3.01. The van der Waals surface area contributed by atoms with Crippen molar-refractivity contribution < 1.29 is 23.1 Å². The fraction of sp³-hybridized carbons (Fsp3) is 0.364. The molecule has 3 rings (SSSR count). The molecule has 1 aliphatic carbocycles. The van der Waals surface area contributed by atoms with Gasteiger partial charge in [0.05, 0.1) is 10.6 Å². The Morgan fingerprint density at radius 1 is 0.967 bits per heavy atom. The van der Waals surface area contributed by atoms with Crippen molar-refractivity contribution in [3.8, 4) is 0 Å². The molecular formula is C22H25N2O5S-. The first-order valence-electron chi connectivity index (χ1n) is 9.89. The Morgan fingerprint density at radius 3 is 2.20 bits per heavy atom. The fourth-order valence-electron chi connectivity index (χ4n) is 3.81. The van der Waals surface area contributed by atoms with E-state index in [0.29, 0.717) is 24.2 Å². The molecule has 0 radical (unpaired) electrons. The zero-order chi connectivity index (χ0) is 21.9. The number of aliphatic carboxylic acids is 1. The first kappa shape index (κ1) is 21.8. The second-order valence-corrected chi connectivity index (χ2v) is 9.44. The van der Waals surface area contributed by atoms with Crippen LogP contribution >= 0.6 is 0 Å². The molecular weight excluding hydrogens is 404 g/mol. The molecule has 160 valence electrons. The number of nitrogens with one attached hydrogen (secondary N) is 2. The third kappa shape index (κ3) is 4.99. The van der Waals surface area contributed by atoms with E-state index in [0.717, 1.165) is 24.0 Å². The number of aryl methyl sites for hydroxylation is 2. The molecule has 0 aliphatic heterocycles. The number of benzene rings is 2. The lowest BCUT2D eigenvalue weighted by atomic mass is 9.78. The molecule has 2 aromatic rings. The topological polar surface area (TPSA) is 115 Å². The van der Waals surface area contributed by atoms with E-state index in [1.165, 1.54) is 24.3 Å². The smallest absolute Gasteiger partial charge is 0.261 e. The average molecular weight is 430 g/mol. The van der Waals surface area contributed by atoms with Gasteiger partial charge in [0.25, 0.3) is 10.0 Å². The molecule has 0 unspecified atom stereocenters. The maximum Gasteiger partial charge on any atom is 0.261 e. The van der Waals surface area contributed by atoms with E-state index in [2.05, 4.69) is 10.0 Å². The van der Waals surface area contributed by atoms with Gasteiger partial charge in [0.2, 0.25) is 5.91 Å². The highest BCUT2D eigenvalue weighted by Crippen LogP contribution is 2.31. The van der Waals surface area contributed by atoms with Crippen LogP contribution in [-0.4, -0.2) is 20.3 Å². The van der Waals surface area contributed by atoms with Crippen molar-refractivity contribution in [1.82, 2.24) is 0 Å². The van der Waals surface area contributed by atoms with Crippen molar-refractivity contribution >= 4 is 33.3 Å². The highest BCUT2D eigenvalue weighted by atomic mass is 32.2. The van der Waals surface area contributed by atoms with Crippen LogP contribution in [0.5, 0.6) is 0 Å². The third-order valence-electron chi connectivity index (χ3n) is 5.46. The van der Waals surface area contributed by atoms with Crippen LogP contribution < -0.4 is 15.1 Å². The van der Waals surface area contributed by atoms with Gasteiger partial charge in [-0.2, -0.15) is 0 Å². The lowest BCUT2D eigenvalue weighted by molar-refractivity contribution is -0.313. The Morgan fingerprint density at radius 2 is 1.60 bits per heavy atom.